The van der Waals surface area contributed by atoms with Gasteiger partial charge in [-0.3, -0.25) is 0 Å². The summed E-state index contributed by atoms with van der Waals surface area (Å²) in [5, 5.41) is 14.5. The highest BCUT2D eigenvalue weighted by atomic mass is 32.1. The van der Waals surface area contributed by atoms with E-state index in [0.717, 1.165) is 76.8 Å². The van der Waals surface area contributed by atoms with Crippen molar-refractivity contribution in [1.29, 1.82) is 0 Å². The van der Waals surface area contributed by atoms with E-state index in [9.17, 15) is 18.7 Å². The number of nitrogens with zero attached hydrogens (tertiary/aromatic N) is 3. The maximum atomic E-state index is 14.6. The number of aromatic carboxylic acids is 1. The van der Waals surface area contributed by atoms with Crippen LogP contribution in [0.2, 0.25) is 0 Å². The van der Waals surface area contributed by atoms with Gasteiger partial charge in [0.2, 0.25) is 0 Å². The number of fused-ring (bicyclic) bond motifs is 3. The lowest BCUT2D eigenvalue weighted by Gasteiger charge is -2.38. The molecule has 39 heavy (non-hydrogen) atoms. The minimum atomic E-state index is -0.934. The third-order valence-corrected chi connectivity index (χ3v) is 9.26. The highest BCUT2D eigenvalue weighted by Gasteiger charge is 2.43. The van der Waals surface area contributed by atoms with Crippen LogP contribution in [0, 0.1) is 18.6 Å². The van der Waals surface area contributed by atoms with E-state index in [4.69, 9.17) is 14.2 Å². The van der Waals surface area contributed by atoms with E-state index in [1.165, 1.54) is 12.1 Å². The Morgan fingerprint density at radius 2 is 1.92 bits per heavy atom. The Morgan fingerprint density at radius 1 is 1.15 bits per heavy atom. The fourth-order valence-corrected chi connectivity index (χ4v) is 7.44. The molecule has 0 unspecified atom stereocenters. The summed E-state index contributed by atoms with van der Waals surface area (Å²) in [6.45, 7) is 2.17. The van der Waals surface area contributed by atoms with Gasteiger partial charge in [-0.05, 0) is 75.3 Å². The predicted octanol–water partition coefficient (Wildman–Crippen LogP) is 6.83. The minimum Gasteiger partial charge on any atom is -0.478 e. The highest BCUT2D eigenvalue weighted by molar-refractivity contribution is 7.22. The summed E-state index contributed by atoms with van der Waals surface area (Å²) in [5.74, 6) is -1.21. The van der Waals surface area contributed by atoms with Gasteiger partial charge in [-0.2, -0.15) is 0 Å². The molecule has 7 nitrogen and oxygen atoms in total. The van der Waals surface area contributed by atoms with Gasteiger partial charge in [-0.15, -0.1) is 0 Å². The monoisotopic (exact) mass is 551 g/mol. The molecule has 0 radical (unpaired) electrons. The number of hydrogen-bond acceptors (Lipinski definition) is 7. The van der Waals surface area contributed by atoms with Crippen molar-refractivity contribution in [3.8, 4) is 11.3 Å². The number of ether oxygens (including phenoxy) is 1. The van der Waals surface area contributed by atoms with Crippen LogP contribution in [-0.2, 0) is 11.3 Å². The van der Waals surface area contributed by atoms with Gasteiger partial charge in [0.15, 0.2) is 5.13 Å². The molecule has 2 aromatic carbocycles. The van der Waals surface area contributed by atoms with Crippen LogP contribution < -0.4 is 4.90 Å². The Kier molecular flexibility index (Phi) is 5.93. The predicted molar refractivity (Wildman–Crippen MR) is 142 cm³/mol. The maximum Gasteiger partial charge on any atom is 0.335 e. The van der Waals surface area contributed by atoms with Crippen molar-refractivity contribution in [3.05, 3.63) is 64.4 Å². The fourth-order valence-electron chi connectivity index (χ4n) is 6.22. The van der Waals surface area contributed by atoms with Crippen molar-refractivity contribution < 1.29 is 27.9 Å². The van der Waals surface area contributed by atoms with Gasteiger partial charge in [-0.25, -0.2) is 18.6 Å². The van der Waals surface area contributed by atoms with E-state index in [1.807, 2.05) is 6.92 Å². The Labute approximate surface area is 227 Å². The summed E-state index contributed by atoms with van der Waals surface area (Å²) >= 11 is 1.55. The highest BCUT2D eigenvalue weighted by Crippen LogP contribution is 2.46. The molecule has 0 amide bonds. The van der Waals surface area contributed by atoms with Crippen molar-refractivity contribution in [2.75, 3.05) is 4.90 Å². The Balaban J connectivity index is 1.10. The second-order valence-electron chi connectivity index (χ2n) is 10.9. The molecule has 1 saturated carbocycles. The molecule has 10 heteroatoms. The van der Waals surface area contributed by atoms with Crippen LogP contribution in [0.5, 0.6) is 0 Å². The van der Waals surface area contributed by atoms with Crippen molar-refractivity contribution in [2.45, 2.75) is 76.2 Å². The average molecular weight is 552 g/mol. The second-order valence-corrected chi connectivity index (χ2v) is 11.9. The lowest BCUT2D eigenvalue weighted by atomic mass is 10.00. The number of piperidine rings is 1. The quantitative estimate of drug-likeness (QED) is 0.269. The average Bonchev–Trinajstić information content (AvgIpc) is 3.41. The van der Waals surface area contributed by atoms with Gasteiger partial charge in [0, 0.05) is 35.2 Å². The second kappa shape index (κ2) is 9.38. The first-order chi connectivity index (χ1) is 18.9. The molecule has 4 aromatic rings. The normalized spacial score (nSPS) is 22.6. The summed E-state index contributed by atoms with van der Waals surface area (Å²) in [5.41, 5.74) is 3.38. The fraction of sp³-hybridized carbons (Fsp3) is 0.414. The largest absolute Gasteiger partial charge is 0.478 e. The van der Waals surface area contributed by atoms with Crippen molar-refractivity contribution in [2.24, 2.45) is 0 Å². The zero-order valence-electron chi connectivity index (χ0n) is 21.3. The lowest BCUT2D eigenvalue weighted by molar-refractivity contribution is 0.0147. The number of hydrogen-bond donors (Lipinski definition) is 1. The van der Waals surface area contributed by atoms with Crippen LogP contribution in [0.3, 0.4) is 0 Å². The third kappa shape index (κ3) is 4.39. The van der Waals surface area contributed by atoms with Crippen molar-refractivity contribution in [3.63, 3.8) is 0 Å². The molecule has 3 aliphatic rings. The van der Waals surface area contributed by atoms with Gasteiger partial charge in [-0.1, -0.05) is 16.5 Å². The van der Waals surface area contributed by atoms with E-state index in [2.05, 4.69) is 10.1 Å². The Hall–Kier alpha value is -3.37. The lowest BCUT2D eigenvalue weighted by Crippen LogP contribution is -2.45. The molecule has 0 spiro atoms. The standard InChI is InChI=1S/C29H27F2N3O4S/c1-14-8-16(28(35)36)9-24-25(14)32-29(39-24)34-18-5-6-19(34)12-20(11-18)37-13-22-26(33-38-27(22)15-2-3-15)21-7-4-17(30)10-23(21)31/h4,7-10,15,18-20H,2-3,5-6,11-13H2,1H3,(H,35,36)/t18-,19+,20-. The van der Waals surface area contributed by atoms with Crippen molar-refractivity contribution in [1.82, 2.24) is 10.1 Å². The van der Waals surface area contributed by atoms with E-state index in [1.54, 1.807) is 23.5 Å². The number of benzene rings is 2. The molecular formula is C29H27F2N3O4S. The zero-order valence-corrected chi connectivity index (χ0v) is 22.1. The van der Waals surface area contributed by atoms with Gasteiger partial charge >= 0.3 is 5.97 Å². The summed E-state index contributed by atoms with van der Waals surface area (Å²) < 4.78 is 41.1. The molecule has 202 valence electrons. The first kappa shape index (κ1) is 24.7. The third-order valence-electron chi connectivity index (χ3n) is 8.25. The number of aromatic nitrogens is 2. The molecule has 2 bridgehead atoms. The Bertz CT molecular complexity index is 1580. The topological polar surface area (TPSA) is 88.7 Å². The van der Waals surface area contributed by atoms with Gasteiger partial charge < -0.3 is 19.3 Å². The van der Waals surface area contributed by atoms with E-state index < -0.39 is 17.6 Å². The van der Waals surface area contributed by atoms with Gasteiger partial charge in [0.25, 0.3) is 0 Å². The van der Waals surface area contributed by atoms with Crippen LogP contribution in [0.25, 0.3) is 21.5 Å². The maximum absolute atomic E-state index is 14.6. The molecule has 1 N–H and O–H groups in total. The molecule has 2 saturated heterocycles. The molecule has 3 atom stereocenters. The summed E-state index contributed by atoms with van der Waals surface area (Å²) in [6.07, 6.45) is 5.82. The molecule has 1 aliphatic carbocycles. The summed E-state index contributed by atoms with van der Waals surface area (Å²) in [6, 6.07) is 7.46. The number of aryl methyl sites for hydroxylation is 1. The zero-order chi connectivity index (χ0) is 26.8. The van der Waals surface area contributed by atoms with Crippen LogP contribution in [0.1, 0.15) is 71.7 Å². The van der Waals surface area contributed by atoms with Gasteiger partial charge in [0.1, 0.15) is 23.1 Å². The van der Waals surface area contributed by atoms with E-state index in [0.29, 0.717) is 5.69 Å². The summed E-state index contributed by atoms with van der Waals surface area (Å²) in [7, 11) is 0. The minimum absolute atomic E-state index is 0.0290. The van der Waals surface area contributed by atoms with Crippen LogP contribution in [-0.4, -0.2) is 39.4 Å². The number of carboxylic acid groups (broad SMARTS) is 1. The smallest absolute Gasteiger partial charge is 0.335 e. The molecular weight excluding hydrogens is 524 g/mol. The number of thiazole rings is 1. The molecule has 3 fully saturated rings. The number of halogens is 2. The Morgan fingerprint density at radius 3 is 2.62 bits per heavy atom. The van der Waals surface area contributed by atoms with E-state index >= 15 is 0 Å². The summed E-state index contributed by atoms with van der Waals surface area (Å²) in [4.78, 5) is 18.8. The number of rotatable bonds is 7. The van der Waals surface area contributed by atoms with Crippen LogP contribution in [0.4, 0.5) is 13.9 Å². The molecule has 2 aromatic heterocycles. The van der Waals surface area contributed by atoms with Crippen LogP contribution in [0.15, 0.2) is 34.9 Å². The number of carboxylic acids is 1. The number of anilines is 1. The molecule has 2 aliphatic heterocycles. The first-order valence-corrected chi connectivity index (χ1v) is 14.2. The molecule has 4 heterocycles. The van der Waals surface area contributed by atoms with Crippen LogP contribution >= 0.6 is 11.3 Å². The van der Waals surface area contributed by atoms with Gasteiger partial charge in [0.05, 0.1) is 28.5 Å². The SMILES string of the molecule is Cc1cc(C(=O)O)cc2sc(N3[C@@H]4CC[C@H]3C[C@H](OCc3c(-c5ccc(F)cc5F)noc3C3CC3)C4)nc12. The van der Waals surface area contributed by atoms with E-state index in [-0.39, 0.29) is 41.8 Å². The first-order valence-electron chi connectivity index (χ1n) is 13.3. The number of carbonyl (C=O) groups is 1. The van der Waals surface area contributed by atoms with Crippen molar-refractivity contribution >= 4 is 32.7 Å². The molecule has 7 rings (SSSR count).